The molecule has 1 aliphatic heterocycles. The van der Waals surface area contributed by atoms with Crippen molar-refractivity contribution in [2.24, 2.45) is 0 Å². The van der Waals surface area contributed by atoms with Crippen LogP contribution in [0, 0.1) is 6.92 Å². The first kappa shape index (κ1) is 21.0. The predicted molar refractivity (Wildman–Crippen MR) is 119 cm³/mol. The molecule has 1 saturated heterocycles. The van der Waals surface area contributed by atoms with Gasteiger partial charge in [-0.3, -0.25) is 9.88 Å². The van der Waals surface area contributed by atoms with Gasteiger partial charge in [0.2, 0.25) is 0 Å². The van der Waals surface area contributed by atoms with Gasteiger partial charge in [0.15, 0.2) is 5.11 Å². The number of anilines is 1. The molecule has 150 valence electrons. The maximum absolute atomic E-state index is 6.34. The van der Waals surface area contributed by atoms with E-state index in [1.165, 1.54) is 0 Å². The van der Waals surface area contributed by atoms with Crippen molar-refractivity contribution in [3.05, 3.63) is 58.9 Å². The first-order chi connectivity index (χ1) is 13.6. The molecule has 0 saturated carbocycles. The Balaban J connectivity index is 1.63. The molecule has 3 rings (SSSR count). The number of pyridine rings is 1. The molecular formula is C21H27ClN4OS. The Morgan fingerprint density at radius 2 is 2.14 bits per heavy atom. The van der Waals surface area contributed by atoms with E-state index >= 15 is 0 Å². The summed E-state index contributed by atoms with van der Waals surface area (Å²) in [6.45, 7) is 8.32. The minimum absolute atomic E-state index is 0.669. The fourth-order valence-corrected chi connectivity index (χ4v) is 3.63. The SMILES string of the molecule is Cc1ccc(Cl)c(NC(=S)N(CCCN2CCOCC2)Cc2cccnc2)c1. The second kappa shape index (κ2) is 10.7. The lowest BCUT2D eigenvalue weighted by atomic mass is 10.2. The summed E-state index contributed by atoms with van der Waals surface area (Å²) < 4.78 is 5.43. The van der Waals surface area contributed by atoms with Gasteiger partial charge < -0.3 is 15.0 Å². The average molecular weight is 419 g/mol. The highest BCUT2D eigenvalue weighted by Gasteiger charge is 2.15. The summed E-state index contributed by atoms with van der Waals surface area (Å²) in [6.07, 6.45) is 4.70. The minimum atomic E-state index is 0.669. The predicted octanol–water partition coefficient (Wildman–Crippen LogP) is 3.96. The zero-order valence-electron chi connectivity index (χ0n) is 16.2. The maximum atomic E-state index is 6.34. The maximum Gasteiger partial charge on any atom is 0.173 e. The summed E-state index contributed by atoms with van der Waals surface area (Å²) in [5.74, 6) is 0. The van der Waals surface area contributed by atoms with Crippen LogP contribution in [0.25, 0.3) is 0 Å². The van der Waals surface area contributed by atoms with Crippen LogP contribution in [0.1, 0.15) is 17.5 Å². The van der Waals surface area contributed by atoms with Gasteiger partial charge in [-0.15, -0.1) is 0 Å². The molecule has 2 aromatic rings. The summed E-state index contributed by atoms with van der Waals surface area (Å²) in [7, 11) is 0. The van der Waals surface area contributed by atoms with Crippen molar-refractivity contribution in [2.45, 2.75) is 19.9 Å². The zero-order chi connectivity index (χ0) is 19.8. The fourth-order valence-electron chi connectivity index (χ4n) is 3.20. The fraction of sp³-hybridized carbons (Fsp3) is 0.429. The van der Waals surface area contributed by atoms with Crippen LogP contribution in [0.15, 0.2) is 42.7 Å². The number of morpholine rings is 1. The Hall–Kier alpha value is -1.73. The van der Waals surface area contributed by atoms with E-state index in [4.69, 9.17) is 28.6 Å². The molecule has 0 unspecified atom stereocenters. The van der Waals surface area contributed by atoms with E-state index in [0.29, 0.717) is 16.7 Å². The number of rotatable bonds is 7. The lowest BCUT2D eigenvalue weighted by Crippen LogP contribution is -2.40. The normalized spacial score (nSPS) is 14.6. The van der Waals surface area contributed by atoms with Crippen molar-refractivity contribution >= 4 is 34.6 Å². The van der Waals surface area contributed by atoms with Gasteiger partial charge in [-0.05, 0) is 54.9 Å². The van der Waals surface area contributed by atoms with Crippen molar-refractivity contribution in [3.8, 4) is 0 Å². The smallest absolute Gasteiger partial charge is 0.173 e. The van der Waals surface area contributed by atoms with Crippen LogP contribution in [0.3, 0.4) is 0 Å². The quantitative estimate of drug-likeness (QED) is 0.686. The highest BCUT2D eigenvalue weighted by Crippen LogP contribution is 2.23. The number of benzene rings is 1. The Morgan fingerprint density at radius 1 is 1.32 bits per heavy atom. The van der Waals surface area contributed by atoms with E-state index in [1.807, 2.05) is 37.4 Å². The number of ether oxygens (including phenoxy) is 1. The van der Waals surface area contributed by atoms with Crippen LogP contribution in [-0.2, 0) is 11.3 Å². The van der Waals surface area contributed by atoms with Crippen molar-refractivity contribution in [2.75, 3.05) is 44.7 Å². The highest BCUT2D eigenvalue weighted by molar-refractivity contribution is 7.80. The summed E-state index contributed by atoms with van der Waals surface area (Å²) in [6, 6.07) is 9.93. The van der Waals surface area contributed by atoms with Gasteiger partial charge in [0, 0.05) is 45.1 Å². The van der Waals surface area contributed by atoms with Crippen LogP contribution in [0.5, 0.6) is 0 Å². The third-order valence-electron chi connectivity index (χ3n) is 4.75. The molecule has 28 heavy (non-hydrogen) atoms. The van der Waals surface area contributed by atoms with Gasteiger partial charge in [0.25, 0.3) is 0 Å². The van der Waals surface area contributed by atoms with Gasteiger partial charge in [0.1, 0.15) is 0 Å². The van der Waals surface area contributed by atoms with Gasteiger partial charge in [0.05, 0.1) is 23.9 Å². The molecule has 0 atom stereocenters. The molecular weight excluding hydrogens is 392 g/mol. The second-order valence-corrected chi connectivity index (χ2v) is 7.80. The molecule has 1 aromatic heterocycles. The van der Waals surface area contributed by atoms with Crippen LogP contribution in [0.4, 0.5) is 5.69 Å². The van der Waals surface area contributed by atoms with E-state index in [0.717, 1.165) is 62.6 Å². The zero-order valence-corrected chi connectivity index (χ0v) is 17.8. The summed E-state index contributed by atoms with van der Waals surface area (Å²) in [5, 5.41) is 4.68. The van der Waals surface area contributed by atoms with Crippen LogP contribution in [-0.4, -0.2) is 59.3 Å². The number of hydrogen-bond donors (Lipinski definition) is 1. The number of nitrogens with one attached hydrogen (secondary N) is 1. The van der Waals surface area contributed by atoms with E-state index in [1.54, 1.807) is 6.20 Å². The summed E-state index contributed by atoms with van der Waals surface area (Å²) in [4.78, 5) is 8.86. The number of nitrogens with zero attached hydrogens (tertiary/aromatic N) is 3. The van der Waals surface area contributed by atoms with Crippen LogP contribution < -0.4 is 5.32 Å². The third kappa shape index (κ3) is 6.41. The van der Waals surface area contributed by atoms with E-state index in [9.17, 15) is 0 Å². The molecule has 0 amide bonds. The molecule has 1 fully saturated rings. The molecule has 5 nitrogen and oxygen atoms in total. The largest absolute Gasteiger partial charge is 0.379 e. The molecule has 1 aromatic carbocycles. The van der Waals surface area contributed by atoms with Gasteiger partial charge in [-0.1, -0.05) is 23.7 Å². The van der Waals surface area contributed by atoms with E-state index < -0.39 is 0 Å². The van der Waals surface area contributed by atoms with E-state index in [2.05, 4.69) is 26.2 Å². The molecule has 0 aliphatic carbocycles. The molecule has 7 heteroatoms. The van der Waals surface area contributed by atoms with Gasteiger partial charge in [-0.25, -0.2) is 0 Å². The van der Waals surface area contributed by atoms with Crippen LogP contribution in [0.2, 0.25) is 5.02 Å². The number of aryl methyl sites for hydroxylation is 1. The minimum Gasteiger partial charge on any atom is -0.379 e. The monoisotopic (exact) mass is 418 g/mol. The average Bonchev–Trinajstić information content (AvgIpc) is 2.71. The number of halogens is 1. The first-order valence-corrected chi connectivity index (χ1v) is 10.4. The summed E-state index contributed by atoms with van der Waals surface area (Å²) >= 11 is 12.1. The topological polar surface area (TPSA) is 40.6 Å². The Labute approximate surface area is 177 Å². The van der Waals surface area contributed by atoms with Crippen molar-refractivity contribution in [3.63, 3.8) is 0 Å². The number of aromatic nitrogens is 1. The van der Waals surface area contributed by atoms with Crippen molar-refractivity contribution in [1.82, 2.24) is 14.8 Å². The first-order valence-electron chi connectivity index (χ1n) is 9.63. The molecule has 1 N–H and O–H groups in total. The van der Waals surface area contributed by atoms with Gasteiger partial charge in [-0.2, -0.15) is 0 Å². The third-order valence-corrected chi connectivity index (χ3v) is 5.44. The lowest BCUT2D eigenvalue weighted by molar-refractivity contribution is 0.0368. The van der Waals surface area contributed by atoms with Crippen molar-refractivity contribution < 1.29 is 4.74 Å². The summed E-state index contributed by atoms with van der Waals surface area (Å²) in [5.41, 5.74) is 3.12. The highest BCUT2D eigenvalue weighted by atomic mass is 35.5. The van der Waals surface area contributed by atoms with Crippen molar-refractivity contribution in [1.29, 1.82) is 0 Å². The molecule has 0 radical (unpaired) electrons. The molecule has 0 bridgehead atoms. The second-order valence-electron chi connectivity index (χ2n) is 7.00. The number of thiocarbonyl (C=S) groups is 1. The standard InChI is InChI=1S/C21H27ClN4OS/c1-17-5-6-19(22)20(14-17)24-21(28)26(16-18-4-2-7-23-15-18)9-3-8-25-10-12-27-13-11-25/h2,4-7,14-15H,3,8-13,16H2,1H3,(H,24,28). The van der Waals surface area contributed by atoms with Gasteiger partial charge >= 0.3 is 0 Å². The number of hydrogen-bond acceptors (Lipinski definition) is 4. The molecule has 1 aliphatic rings. The Kier molecular flexibility index (Phi) is 8.03. The Bertz CT molecular complexity index is 768. The lowest BCUT2D eigenvalue weighted by Gasteiger charge is -2.29. The Morgan fingerprint density at radius 3 is 2.89 bits per heavy atom. The molecule has 0 spiro atoms. The van der Waals surface area contributed by atoms with Crippen LogP contribution >= 0.6 is 23.8 Å². The molecule has 2 heterocycles. The van der Waals surface area contributed by atoms with E-state index in [-0.39, 0.29) is 0 Å².